The molecule has 0 radical (unpaired) electrons. The highest BCUT2D eigenvalue weighted by Gasteiger charge is 2.22. The lowest BCUT2D eigenvalue weighted by atomic mass is 10.0. The van der Waals surface area contributed by atoms with Gasteiger partial charge in [0, 0.05) is 26.2 Å². The molecule has 1 fully saturated rings. The minimum atomic E-state index is -0.477. The van der Waals surface area contributed by atoms with Crippen LogP contribution in [-0.4, -0.2) is 44.9 Å². The van der Waals surface area contributed by atoms with E-state index in [2.05, 4.69) is 10.2 Å². The zero-order valence-electron chi connectivity index (χ0n) is 11.3. The lowest BCUT2D eigenvalue weighted by Crippen LogP contribution is -2.45. The Labute approximate surface area is 130 Å². The van der Waals surface area contributed by atoms with Crippen LogP contribution in [0.3, 0.4) is 0 Å². The van der Waals surface area contributed by atoms with Gasteiger partial charge in [0.05, 0.1) is 13.2 Å². The van der Waals surface area contributed by atoms with Crippen LogP contribution in [0, 0.1) is 5.82 Å². The van der Waals surface area contributed by atoms with Gasteiger partial charge in [-0.1, -0.05) is 6.07 Å². The standard InChI is InChI=1S/C13H18F2N2O.2ClH/c1-18-13-8-10(2-3-11(13)15)12(9-14)17-6-4-16-5-7-17;;/h2-3,8,12,16H,4-7,9H2,1H3;2*1H/t12-;;/m0../s1. The Bertz CT molecular complexity index is 404. The number of rotatable bonds is 4. The Morgan fingerprint density at radius 3 is 2.50 bits per heavy atom. The van der Waals surface area contributed by atoms with E-state index in [4.69, 9.17) is 4.74 Å². The van der Waals surface area contributed by atoms with E-state index in [-0.39, 0.29) is 36.6 Å². The molecular weight excluding hydrogens is 309 g/mol. The van der Waals surface area contributed by atoms with Gasteiger partial charge in [-0.2, -0.15) is 0 Å². The number of hydrogen-bond acceptors (Lipinski definition) is 3. The van der Waals surface area contributed by atoms with Gasteiger partial charge in [0.15, 0.2) is 11.6 Å². The summed E-state index contributed by atoms with van der Waals surface area (Å²) in [6.07, 6.45) is 0. The molecule has 0 amide bonds. The summed E-state index contributed by atoms with van der Waals surface area (Å²) in [6, 6.07) is 4.23. The zero-order chi connectivity index (χ0) is 13.0. The van der Waals surface area contributed by atoms with Gasteiger partial charge in [0.25, 0.3) is 0 Å². The van der Waals surface area contributed by atoms with Gasteiger partial charge in [-0.25, -0.2) is 8.78 Å². The maximum atomic E-state index is 13.3. The van der Waals surface area contributed by atoms with E-state index < -0.39 is 12.5 Å². The Balaban J connectivity index is 0.00000180. The van der Waals surface area contributed by atoms with Crippen LogP contribution in [-0.2, 0) is 0 Å². The van der Waals surface area contributed by atoms with Crippen molar-refractivity contribution in [3.8, 4) is 5.75 Å². The third kappa shape index (κ3) is 4.45. The van der Waals surface area contributed by atoms with Gasteiger partial charge in [-0.3, -0.25) is 4.90 Å². The summed E-state index contributed by atoms with van der Waals surface area (Å²) in [5, 5.41) is 3.23. The Morgan fingerprint density at radius 1 is 1.30 bits per heavy atom. The molecule has 1 atom stereocenters. The quantitative estimate of drug-likeness (QED) is 0.919. The SMILES string of the molecule is COc1cc([C@H](CF)N2CCNCC2)ccc1F.Cl.Cl. The van der Waals surface area contributed by atoms with Gasteiger partial charge in [-0.15, -0.1) is 24.8 Å². The molecule has 3 nitrogen and oxygen atoms in total. The van der Waals surface area contributed by atoms with Crippen LogP contribution >= 0.6 is 24.8 Å². The van der Waals surface area contributed by atoms with Crippen LogP contribution in [0.5, 0.6) is 5.75 Å². The molecule has 0 saturated carbocycles. The summed E-state index contributed by atoms with van der Waals surface area (Å²) in [6.45, 7) is 2.83. The van der Waals surface area contributed by atoms with E-state index in [1.54, 1.807) is 12.1 Å². The van der Waals surface area contributed by atoms with E-state index in [1.807, 2.05) is 0 Å². The monoisotopic (exact) mass is 328 g/mol. The average molecular weight is 329 g/mol. The molecule has 7 heteroatoms. The van der Waals surface area contributed by atoms with Crippen molar-refractivity contribution < 1.29 is 13.5 Å². The largest absolute Gasteiger partial charge is 0.494 e. The highest BCUT2D eigenvalue weighted by Crippen LogP contribution is 2.27. The number of alkyl halides is 1. The molecule has 0 spiro atoms. The van der Waals surface area contributed by atoms with Crippen LogP contribution in [0.15, 0.2) is 18.2 Å². The van der Waals surface area contributed by atoms with Crippen LogP contribution in [0.1, 0.15) is 11.6 Å². The summed E-state index contributed by atoms with van der Waals surface area (Å²) >= 11 is 0. The summed E-state index contributed by atoms with van der Waals surface area (Å²) in [4.78, 5) is 2.07. The molecule has 1 heterocycles. The first-order valence-electron chi connectivity index (χ1n) is 6.10. The predicted octanol–water partition coefficient (Wildman–Crippen LogP) is 2.59. The second-order valence-electron chi connectivity index (χ2n) is 4.35. The number of nitrogens with zero attached hydrogens (tertiary/aromatic N) is 1. The third-order valence-corrected chi connectivity index (χ3v) is 3.30. The second kappa shape index (κ2) is 9.34. The third-order valence-electron chi connectivity index (χ3n) is 3.30. The van der Waals surface area contributed by atoms with Gasteiger partial charge in [0.2, 0.25) is 0 Å². The fraction of sp³-hybridized carbons (Fsp3) is 0.538. The molecule has 0 aliphatic carbocycles. The van der Waals surface area contributed by atoms with Gasteiger partial charge >= 0.3 is 0 Å². The van der Waals surface area contributed by atoms with E-state index in [1.165, 1.54) is 13.2 Å². The van der Waals surface area contributed by atoms with E-state index in [0.29, 0.717) is 0 Å². The second-order valence-corrected chi connectivity index (χ2v) is 4.35. The Hall–Kier alpha value is -0.620. The predicted molar refractivity (Wildman–Crippen MR) is 80.6 cm³/mol. The number of nitrogens with one attached hydrogen (secondary N) is 1. The van der Waals surface area contributed by atoms with Crippen molar-refractivity contribution in [3.05, 3.63) is 29.6 Å². The molecular formula is C13H20Cl2F2N2O. The summed E-state index contributed by atoms with van der Waals surface area (Å²) in [7, 11) is 1.41. The Morgan fingerprint density at radius 2 is 1.95 bits per heavy atom. The molecule has 116 valence electrons. The number of methoxy groups -OCH3 is 1. The molecule has 0 bridgehead atoms. The van der Waals surface area contributed by atoms with Crippen molar-refractivity contribution in [1.82, 2.24) is 10.2 Å². The molecule has 1 saturated heterocycles. The summed E-state index contributed by atoms with van der Waals surface area (Å²) in [5.74, 6) is -0.250. The first kappa shape index (κ1) is 19.4. The van der Waals surface area contributed by atoms with Crippen molar-refractivity contribution in [1.29, 1.82) is 0 Å². The number of ether oxygens (including phenoxy) is 1. The molecule has 1 aromatic carbocycles. The van der Waals surface area contributed by atoms with Crippen LogP contribution < -0.4 is 10.1 Å². The van der Waals surface area contributed by atoms with Crippen molar-refractivity contribution in [2.45, 2.75) is 6.04 Å². The minimum Gasteiger partial charge on any atom is -0.494 e. The van der Waals surface area contributed by atoms with Crippen molar-refractivity contribution in [3.63, 3.8) is 0 Å². The highest BCUT2D eigenvalue weighted by atomic mass is 35.5. The van der Waals surface area contributed by atoms with Gasteiger partial charge in [0.1, 0.15) is 6.67 Å². The number of piperazine rings is 1. The molecule has 1 N–H and O–H groups in total. The van der Waals surface area contributed by atoms with Crippen LogP contribution in [0.25, 0.3) is 0 Å². The first-order chi connectivity index (χ1) is 8.76. The molecule has 0 aromatic heterocycles. The highest BCUT2D eigenvalue weighted by molar-refractivity contribution is 5.85. The summed E-state index contributed by atoms with van der Waals surface area (Å²) in [5.41, 5.74) is 0.762. The first-order valence-corrected chi connectivity index (χ1v) is 6.10. The lowest BCUT2D eigenvalue weighted by molar-refractivity contribution is 0.147. The van der Waals surface area contributed by atoms with E-state index in [0.717, 1.165) is 31.7 Å². The van der Waals surface area contributed by atoms with Crippen LogP contribution in [0.4, 0.5) is 8.78 Å². The van der Waals surface area contributed by atoms with Crippen molar-refractivity contribution in [2.24, 2.45) is 0 Å². The topological polar surface area (TPSA) is 24.5 Å². The van der Waals surface area contributed by atoms with E-state index >= 15 is 0 Å². The maximum Gasteiger partial charge on any atom is 0.165 e. The minimum absolute atomic E-state index is 0. The summed E-state index contributed by atoms with van der Waals surface area (Å²) < 4.78 is 31.5. The molecule has 0 unspecified atom stereocenters. The van der Waals surface area contributed by atoms with E-state index in [9.17, 15) is 8.78 Å². The maximum absolute atomic E-state index is 13.3. The van der Waals surface area contributed by atoms with Crippen LogP contribution in [0.2, 0.25) is 0 Å². The normalized spacial score (nSPS) is 16.8. The lowest BCUT2D eigenvalue weighted by Gasteiger charge is -2.33. The fourth-order valence-electron chi connectivity index (χ4n) is 2.27. The molecule has 20 heavy (non-hydrogen) atoms. The Kier molecular flexibility index (Phi) is 9.05. The van der Waals surface area contributed by atoms with Crippen molar-refractivity contribution >= 4 is 24.8 Å². The average Bonchev–Trinajstić information content (AvgIpc) is 2.42. The zero-order valence-corrected chi connectivity index (χ0v) is 12.9. The number of benzene rings is 1. The molecule has 1 aliphatic rings. The smallest absolute Gasteiger partial charge is 0.165 e. The van der Waals surface area contributed by atoms with Gasteiger partial charge < -0.3 is 10.1 Å². The number of hydrogen-bond donors (Lipinski definition) is 1. The molecule has 1 aromatic rings. The molecule has 1 aliphatic heterocycles. The fourth-order valence-corrected chi connectivity index (χ4v) is 2.27. The number of halogens is 4. The van der Waals surface area contributed by atoms with Crippen molar-refractivity contribution in [2.75, 3.05) is 40.0 Å². The molecule has 2 rings (SSSR count). The van der Waals surface area contributed by atoms with Gasteiger partial charge in [-0.05, 0) is 17.7 Å².